The van der Waals surface area contributed by atoms with Crippen molar-refractivity contribution in [2.75, 3.05) is 45.8 Å². The van der Waals surface area contributed by atoms with Crippen molar-refractivity contribution in [2.24, 2.45) is 11.8 Å². The summed E-state index contributed by atoms with van der Waals surface area (Å²) in [5.41, 5.74) is 1.00. The van der Waals surface area contributed by atoms with E-state index in [1.165, 1.54) is 4.90 Å². The molecule has 0 saturated carbocycles. The summed E-state index contributed by atoms with van der Waals surface area (Å²) in [6.07, 6.45) is 3.05. The Morgan fingerprint density at radius 2 is 1.81 bits per heavy atom. The van der Waals surface area contributed by atoms with Crippen LogP contribution in [0.3, 0.4) is 0 Å². The molecule has 0 aromatic heterocycles. The van der Waals surface area contributed by atoms with Crippen molar-refractivity contribution in [1.82, 2.24) is 9.80 Å². The number of hydrogen-bond acceptors (Lipinski definition) is 4. The van der Waals surface area contributed by atoms with Crippen molar-refractivity contribution in [2.45, 2.75) is 39.0 Å². The minimum absolute atomic E-state index is 0.0610. The number of likely N-dealkylation sites (tertiary alicyclic amines) is 1. The first-order valence-corrected chi connectivity index (χ1v) is 11.5. The third-order valence-corrected chi connectivity index (χ3v) is 6.88. The number of nitrogens with one attached hydrogen (secondary N) is 1. The van der Waals surface area contributed by atoms with Gasteiger partial charge in [0.25, 0.3) is 0 Å². The predicted octanol–water partition coefficient (Wildman–Crippen LogP) is -0.639. The summed E-state index contributed by atoms with van der Waals surface area (Å²) in [5.74, 6) is -0.521. The zero-order valence-corrected chi connectivity index (χ0v) is 18.6. The first-order chi connectivity index (χ1) is 14.9. The number of carbonyl (C=O) groups is 3. The first-order valence-electron chi connectivity index (χ1n) is 11.5. The van der Waals surface area contributed by atoms with Gasteiger partial charge in [-0.1, -0.05) is 30.3 Å². The summed E-state index contributed by atoms with van der Waals surface area (Å²) in [4.78, 5) is 41.1. The number of carbonyl (C=O) groups excluding carboxylic acids is 3. The van der Waals surface area contributed by atoms with E-state index >= 15 is 0 Å². The maximum atomic E-state index is 12.8. The van der Waals surface area contributed by atoms with E-state index in [9.17, 15) is 19.5 Å². The van der Waals surface area contributed by atoms with E-state index < -0.39 is 5.97 Å². The SMILES string of the molecule is CC(=O)N1CCC[NH+](CC[C@H]2CN(C(=O)Cc3ccccc3)CC[C@H]2CC(=O)[O-])CC1. The number of aliphatic carboxylic acids is 1. The third kappa shape index (κ3) is 7.06. The monoisotopic (exact) mass is 429 g/mol. The molecule has 31 heavy (non-hydrogen) atoms. The van der Waals surface area contributed by atoms with Gasteiger partial charge < -0.3 is 24.6 Å². The second kappa shape index (κ2) is 11.3. The van der Waals surface area contributed by atoms with Crippen molar-refractivity contribution in [1.29, 1.82) is 0 Å². The van der Waals surface area contributed by atoms with Gasteiger partial charge in [-0.05, 0) is 30.2 Å². The van der Waals surface area contributed by atoms with Gasteiger partial charge in [-0.2, -0.15) is 0 Å². The Labute approximate surface area is 185 Å². The maximum absolute atomic E-state index is 12.8. The van der Waals surface area contributed by atoms with Crippen molar-refractivity contribution >= 4 is 17.8 Å². The summed E-state index contributed by atoms with van der Waals surface area (Å²) in [5, 5.41) is 11.3. The van der Waals surface area contributed by atoms with Crippen LogP contribution in [-0.2, 0) is 20.8 Å². The lowest BCUT2D eigenvalue weighted by molar-refractivity contribution is -0.898. The van der Waals surface area contributed by atoms with Crippen LogP contribution in [0.2, 0.25) is 0 Å². The van der Waals surface area contributed by atoms with E-state index in [1.54, 1.807) is 6.92 Å². The third-order valence-electron chi connectivity index (χ3n) is 6.88. The molecule has 2 amide bonds. The highest BCUT2D eigenvalue weighted by molar-refractivity contribution is 5.79. The molecule has 0 aliphatic carbocycles. The minimum atomic E-state index is -1.00. The molecule has 3 rings (SSSR count). The van der Waals surface area contributed by atoms with Crippen molar-refractivity contribution < 1.29 is 24.4 Å². The summed E-state index contributed by atoms with van der Waals surface area (Å²) in [6.45, 7) is 7.35. The number of hydrogen-bond donors (Lipinski definition) is 1. The molecule has 1 N–H and O–H groups in total. The molecule has 7 nitrogen and oxygen atoms in total. The second-order valence-corrected chi connectivity index (χ2v) is 9.04. The quantitative estimate of drug-likeness (QED) is 0.625. The Kier molecular flexibility index (Phi) is 8.46. The zero-order chi connectivity index (χ0) is 22.2. The van der Waals surface area contributed by atoms with E-state index in [0.717, 1.165) is 51.1 Å². The highest BCUT2D eigenvalue weighted by Gasteiger charge is 2.32. The molecule has 1 aromatic carbocycles. The van der Waals surface area contributed by atoms with Gasteiger partial charge in [0.15, 0.2) is 0 Å². The minimum Gasteiger partial charge on any atom is -0.550 e. The van der Waals surface area contributed by atoms with Crippen LogP contribution in [0.5, 0.6) is 0 Å². The van der Waals surface area contributed by atoms with E-state index in [4.69, 9.17) is 0 Å². The summed E-state index contributed by atoms with van der Waals surface area (Å²) >= 11 is 0. The highest BCUT2D eigenvalue weighted by Crippen LogP contribution is 2.29. The predicted molar refractivity (Wildman–Crippen MR) is 115 cm³/mol. The molecule has 2 aliphatic heterocycles. The smallest absolute Gasteiger partial charge is 0.226 e. The number of piperidine rings is 1. The van der Waals surface area contributed by atoms with Gasteiger partial charge in [0, 0.05) is 45.4 Å². The molecule has 1 unspecified atom stereocenters. The Bertz CT molecular complexity index is 754. The van der Waals surface area contributed by atoms with Crippen LogP contribution < -0.4 is 10.0 Å². The van der Waals surface area contributed by atoms with E-state index in [-0.39, 0.29) is 30.1 Å². The molecule has 0 bridgehead atoms. The Morgan fingerprint density at radius 1 is 1.03 bits per heavy atom. The molecule has 2 aliphatic rings. The first kappa shape index (κ1) is 23.3. The van der Waals surface area contributed by atoms with Gasteiger partial charge in [-0.3, -0.25) is 9.59 Å². The number of carboxylic acids is 1. The number of rotatable bonds is 7. The molecular formula is C24H35N3O4. The number of quaternary nitrogens is 1. The van der Waals surface area contributed by atoms with Gasteiger partial charge in [0.05, 0.1) is 32.6 Å². The van der Waals surface area contributed by atoms with Crippen LogP contribution in [0.15, 0.2) is 30.3 Å². The van der Waals surface area contributed by atoms with Crippen LogP contribution in [0, 0.1) is 11.8 Å². The number of amides is 2. The lowest BCUT2D eigenvalue weighted by Gasteiger charge is -2.39. The number of benzene rings is 1. The molecular weight excluding hydrogens is 394 g/mol. The summed E-state index contributed by atoms with van der Waals surface area (Å²) in [6, 6.07) is 9.75. The van der Waals surface area contributed by atoms with E-state index in [1.807, 2.05) is 40.1 Å². The fourth-order valence-corrected chi connectivity index (χ4v) is 5.00. The molecule has 0 spiro atoms. The zero-order valence-electron chi connectivity index (χ0n) is 18.6. The van der Waals surface area contributed by atoms with Crippen LogP contribution in [0.4, 0.5) is 0 Å². The molecule has 2 fully saturated rings. The topological polar surface area (TPSA) is 85.2 Å². The maximum Gasteiger partial charge on any atom is 0.226 e. The normalized spacial score (nSPS) is 24.5. The van der Waals surface area contributed by atoms with E-state index in [2.05, 4.69) is 0 Å². The molecule has 0 radical (unpaired) electrons. The van der Waals surface area contributed by atoms with E-state index in [0.29, 0.717) is 25.9 Å². The van der Waals surface area contributed by atoms with Crippen LogP contribution >= 0.6 is 0 Å². The lowest BCUT2D eigenvalue weighted by Crippen LogP contribution is -3.12. The van der Waals surface area contributed by atoms with Crippen molar-refractivity contribution in [3.05, 3.63) is 35.9 Å². The number of carboxylic acid groups (broad SMARTS) is 1. The van der Waals surface area contributed by atoms with Gasteiger partial charge in [-0.15, -0.1) is 0 Å². The van der Waals surface area contributed by atoms with Crippen LogP contribution in [0.1, 0.15) is 38.2 Å². The summed E-state index contributed by atoms with van der Waals surface area (Å²) < 4.78 is 0. The number of nitrogens with zero attached hydrogens (tertiary/aromatic N) is 2. The molecule has 7 heteroatoms. The van der Waals surface area contributed by atoms with Gasteiger partial charge >= 0.3 is 0 Å². The molecule has 170 valence electrons. The van der Waals surface area contributed by atoms with Crippen molar-refractivity contribution in [3.8, 4) is 0 Å². The fraction of sp³-hybridized carbons (Fsp3) is 0.625. The highest BCUT2D eigenvalue weighted by atomic mass is 16.4. The van der Waals surface area contributed by atoms with Gasteiger partial charge in [-0.25, -0.2) is 0 Å². The average Bonchev–Trinajstić information content (AvgIpc) is 2.99. The second-order valence-electron chi connectivity index (χ2n) is 9.04. The fourth-order valence-electron chi connectivity index (χ4n) is 5.00. The average molecular weight is 430 g/mol. The Hall–Kier alpha value is -2.41. The standard InChI is InChI=1S/C24H35N3O4/c1-19(28)26-11-5-10-25(14-15-26)12-8-22-18-27(13-9-21(22)17-24(30)31)23(29)16-20-6-3-2-4-7-20/h2-4,6-7,21-22H,5,8-18H2,1H3,(H,30,31)/t21-,22-/m0/s1. The van der Waals surface area contributed by atoms with Crippen LogP contribution in [-0.4, -0.2) is 73.4 Å². The molecule has 2 heterocycles. The van der Waals surface area contributed by atoms with Crippen LogP contribution in [0.25, 0.3) is 0 Å². The van der Waals surface area contributed by atoms with Gasteiger partial charge in [0.2, 0.25) is 11.8 Å². The van der Waals surface area contributed by atoms with Crippen molar-refractivity contribution in [3.63, 3.8) is 0 Å². The van der Waals surface area contributed by atoms with Gasteiger partial charge in [0.1, 0.15) is 0 Å². The summed E-state index contributed by atoms with van der Waals surface area (Å²) in [7, 11) is 0. The largest absolute Gasteiger partial charge is 0.550 e. The lowest BCUT2D eigenvalue weighted by atomic mass is 9.81. The Morgan fingerprint density at radius 3 is 2.52 bits per heavy atom. The Balaban J connectivity index is 1.57. The molecule has 2 saturated heterocycles. The molecule has 1 aromatic rings. The molecule has 3 atom stereocenters.